The lowest BCUT2D eigenvalue weighted by atomic mass is 9.96. The zero-order valence-electron chi connectivity index (χ0n) is 8.32. The van der Waals surface area contributed by atoms with Gasteiger partial charge in [-0.3, -0.25) is 4.79 Å². The van der Waals surface area contributed by atoms with Crippen LogP contribution in [0.1, 0.15) is 30.7 Å². The summed E-state index contributed by atoms with van der Waals surface area (Å²) in [7, 11) is 0. The maximum atomic E-state index is 13.4. The SMILES string of the molecule is O=C(O)C1CCC(c2ccccc2F)C1. The quantitative estimate of drug-likeness (QED) is 0.811. The number of benzene rings is 1. The number of aliphatic carboxylic acids is 1. The molecular weight excluding hydrogens is 195 g/mol. The fourth-order valence-electron chi connectivity index (χ4n) is 2.29. The molecule has 1 N–H and O–H groups in total. The maximum absolute atomic E-state index is 13.4. The molecule has 0 aromatic heterocycles. The van der Waals surface area contributed by atoms with Crippen molar-refractivity contribution in [1.29, 1.82) is 0 Å². The van der Waals surface area contributed by atoms with Crippen molar-refractivity contribution in [2.45, 2.75) is 25.2 Å². The molecule has 0 aliphatic heterocycles. The molecule has 0 bridgehead atoms. The highest BCUT2D eigenvalue weighted by Gasteiger charge is 2.31. The first-order chi connectivity index (χ1) is 7.18. The lowest BCUT2D eigenvalue weighted by Crippen LogP contribution is -2.09. The number of rotatable bonds is 2. The second kappa shape index (κ2) is 4.01. The number of carbonyl (C=O) groups is 1. The molecule has 1 aromatic rings. The Labute approximate surface area is 87.7 Å². The van der Waals surface area contributed by atoms with Gasteiger partial charge in [-0.05, 0) is 36.8 Å². The molecule has 0 amide bonds. The molecule has 0 spiro atoms. The molecular formula is C12H13FO2. The average molecular weight is 208 g/mol. The topological polar surface area (TPSA) is 37.3 Å². The van der Waals surface area contributed by atoms with E-state index in [9.17, 15) is 9.18 Å². The molecule has 1 aliphatic carbocycles. The van der Waals surface area contributed by atoms with Crippen LogP contribution in [0.4, 0.5) is 4.39 Å². The third kappa shape index (κ3) is 2.01. The largest absolute Gasteiger partial charge is 0.481 e. The minimum atomic E-state index is -0.756. The molecule has 2 rings (SSSR count). The number of halogens is 1. The Hall–Kier alpha value is -1.38. The van der Waals surface area contributed by atoms with E-state index in [1.165, 1.54) is 6.07 Å². The summed E-state index contributed by atoms with van der Waals surface area (Å²) in [5.41, 5.74) is 0.668. The first kappa shape index (κ1) is 10.1. The van der Waals surface area contributed by atoms with Crippen molar-refractivity contribution in [2.75, 3.05) is 0 Å². The molecule has 2 unspecified atom stereocenters. The second-order valence-corrected chi connectivity index (χ2v) is 4.07. The van der Waals surface area contributed by atoms with Crippen LogP contribution in [-0.2, 0) is 4.79 Å². The van der Waals surface area contributed by atoms with Gasteiger partial charge in [-0.25, -0.2) is 4.39 Å². The van der Waals surface area contributed by atoms with Crippen LogP contribution in [0.3, 0.4) is 0 Å². The van der Waals surface area contributed by atoms with Crippen molar-refractivity contribution >= 4 is 5.97 Å². The van der Waals surface area contributed by atoms with E-state index in [4.69, 9.17) is 5.11 Å². The highest BCUT2D eigenvalue weighted by atomic mass is 19.1. The third-order valence-electron chi connectivity index (χ3n) is 3.13. The van der Waals surface area contributed by atoms with Crippen molar-refractivity contribution in [2.24, 2.45) is 5.92 Å². The zero-order valence-corrected chi connectivity index (χ0v) is 8.32. The molecule has 80 valence electrons. The van der Waals surface area contributed by atoms with Crippen LogP contribution in [0, 0.1) is 11.7 Å². The predicted molar refractivity (Wildman–Crippen MR) is 54.1 cm³/mol. The van der Waals surface area contributed by atoms with Crippen molar-refractivity contribution < 1.29 is 14.3 Å². The molecule has 2 atom stereocenters. The van der Waals surface area contributed by atoms with E-state index < -0.39 is 5.97 Å². The first-order valence-electron chi connectivity index (χ1n) is 5.15. The summed E-state index contributed by atoms with van der Waals surface area (Å²) < 4.78 is 13.4. The van der Waals surface area contributed by atoms with E-state index in [1.807, 2.05) is 0 Å². The van der Waals surface area contributed by atoms with Crippen LogP contribution < -0.4 is 0 Å². The normalized spacial score (nSPS) is 25.4. The van der Waals surface area contributed by atoms with Crippen LogP contribution in [0.5, 0.6) is 0 Å². The van der Waals surface area contributed by atoms with Gasteiger partial charge in [-0.1, -0.05) is 18.2 Å². The lowest BCUT2D eigenvalue weighted by molar-refractivity contribution is -0.141. The third-order valence-corrected chi connectivity index (χ3v) is 3.13. The molecule has 1 aliphatic rings. The molecule has 1 fully saturated rings. The monoisotopic (exact) mass is 208 g/mol. The van der Waals surface area contributed by atoms with Crippen LogP contribution in [0.15, 0.2) is 24.3 Å². The summed E-state index contributed by atoms with van der Waals surface area (Å²) in [6.07, 6.45) is 2.00. The van der Waals surface area contributed by atoms with Crippen molar-refractivity contribution in [3.05, 3.63) is 35.6 Å². The van der Waals surface area contributed by atoms with E-state index >= 15 is 0 Å². The number of hydrogen-bond donors (Lipinski definition) is 1. The second-order valence-electron chi connectivity index (χ2n) is 4.07. The van der Waals surface area contributed by atoms with Gasteiger partial charge in [-0.15, -0.1) is 0 Å². The molecule has 0 heterocycles. The highest BCUT2D eigenvalue weighted by molar-refractivity contribution is 5.70. The summed E-state index contributed by atoms with van der Waals surface area (Å²) in [6.45, 7) is 0. The Morgan fingerprint density at radius 2 is 2.07 bits per heavy atom. The Bertz CT molecular complexity index is 376. The zero-order chi connectivity index (χ0) is 10.8. The van der Waals surface area contributed by atoms with Gasteiger partial charge in [0, 0.05) is 0 Å². The molecule has 1 saturated carbocycles. The van der Waals surface area contributed by atoms with Crippen molar-refractivity contribution in [1.82, 2.24) is 0 Å². The fourth-order valence-corrected chi connectivity index (χ4v) is 2.29. The lowest BCUT2D eigenvalue weighted by Gasteiger charge is -2.10. The smallest absolute Gasteiger partial charge is 0.306 e. The Morgan fingerprint density at radius 3 is 2.67 bits per heavy atom. The summed E-state index contributed by atoms with van der Waals surface area (Å²) in [4.78, 5) is 10.8. The summed E-state index contributed by atoms with van der Waals surface area (Å²) in [5.74, 6) is -1.19. The number of hydrogen-bond acceptors (Lipinski definition) is 1. The maximum Gasteiger partial charge on any atom is 0.306 e. The van der Waals surface area contributed by atoms with Gasteiger partial charge < -0.3 is 5.11 Å². The van der Waals surface area contributed by atoms with Gasteiger partial charge in [0.15, 0.2) is 0 Å². The Morgan fingerprint density at radius 1 is 1.33 bits per heavy atom. The summed E-state index contributed by atoms with van der Waals surface area (Å²) >= 11 is 0. The minimum absolute atomic E-state index is 0.0762. The molecule has 2 nitrogen and oxygen atoms in total. The number of carboxylic acid groups (broad SMARTS) is 1. The Balaban J connectivity index is 2.14. The van der Waals surface area contributed by atoms with Crippen molar-refractivity contribution in [3.8, 4) is 0 Å². The fraction of sp³-hybridized carbons (Fsp3) is 0.417. The molecule has 1 aromatic carbocycles. The summed E-state index contributed by atoms with van der Waals surface area (Å²) in [5, 5.41) is 8.85. The molecule has 3 heteroatoms. The van der Waals surface area contributed by atoms with E-state index in [0.717, 1.165) is 6.42 Å². The van der Waals surface area contributed by atoms with Crippen LogP contribution in [0.2, 0.25) is 0 Å². The molecule has 0 radical (unpaired) electrons. The van der Waals surface area contributed by atoms with E-state index in [1.54, 1.807) is 18.2 Å². The van der Waals surface area contributed by atoms with Crippen LogP contribution in [-0.4, -0.2) is 11.1 Å². The highest BCUT2D eigenvalue weighted by Crippen LogP contribution is 2.39. The molecule has 0 saturated heterocycles. The Kier molecular flexibility index (Phi) is 2.71. The van der Waals surface area contributed by atoms with E-state index in [0.29, 0.717) is 18.4 Å². The van der Waals surface area contributed by atoms with Gasteiger partial charge in [-0.2, -0.15) is 0 Å². The van der Waals surface area contributed by atoms with Crippen LogP contribution in [0.25, 0.3) is 0 Å². The van der Waals surface area contributed by atoms with Gasteiger partial charge in [0.2, 0.25) is 0 Å². The predicted octanol–water partition coefficient (Wildman–Crippen LogP) is 2.79. The first-order valence-corrected chi connectivity index (χ1v) is 5.15. The number of carboxylic acids is 1. The van der Waals surface area contributed by atoms with Gasteiger partial charge >= 0.3 is 5.97 Å². The standard InChI is InChI=1S/C12H13FO2/c13-11-4-2-1-3-10(11)8-5-6-9(7-8)12(14)15/h1-4,8-9H,5-7H2,(H,14,15). The summed E-state index contributed by atoms with van der Waals surface area (Å²) in [6, 6.07) is 6.64. The minimum Gasteiger partial charge on any atom is -0.481 e. The van der Waals surface area contributed by atoms with Gasteiger partial charge in [0.25, 0.3) is 0 Å². The van der Waals surface area contributed by atoms with E-state index in [2.05, 4.69) is 0 Å². The van der Waals surface area contributed by atoms with Gasteiger partial charge in [0.05, 0.1) is 5.92 Å². The van der Waals surface area contributed by atoms with E-state index in [-0.39, 0.29) is 17.7 Å². The van der Waals surface area contributed by atoms with Crippen molar-refractivity contribution in [3.63, 3.8) is 0 Å². The van der Waals surface area contributed by atoms with Gasteiger partial charge in [0.1, 0.15) is 5.82 Å². The average Bonchev–Trinajstić information content (AvgIpc) is 2.67. The molecule has 15 heavy (non-hydrogen) atoms. The van der Waals surface area contributed by atoms with Crippen LogP contribution >= 0.6 is 0 Å².